The number of aliphatic imine (C=N–C) groups is 1. The molecule has 0 spiro atoms. The Bertz CT molecular complexity index is 1650. The van der Waals surface area contributed by atoms with E-state index < -0.39 is 23.2 Å². The quantitative estimate of drug-likeness (QED) is 0.275. The van der Waals surface area contributed by atoms with E-state index in [-0.39, 0.29) is 11.0 Å². The van der Waals surface area contributed by atoms with Gasteiger partial charge in [-0.25, -0.2) is 19.1 Å². The third-order valence-corrected chi connectivity index (χ3v) is 10.8. The summed E-state index contributed by atoms with van der Waals surface area (Å²) in [5.41, 5.74) is 2.14. The number of hydrogen-bond acceptors (Lipinski definition) is 4. The van der Waals surface area contributed by atoms with Gasteiger partial charge in [-0.3, -0.25) is 9.78 Å². The molecule has 7 rings (SSSR count). The van der Waals surface area contributed by atoms with Crippen molar-refractivity contribution in [3.8, 4) is 11.6 Å². The van der Waals surface area contributed by atoms with E-state index in [1.54, 1.807) is 12.1 Å². The molecular weight excluding hydrogens is 640 g/mol. The molecule has 4 saturated carbocycles. The lowest BCUT2D eigenvalue weighted by Gasteiger charge is -2.57. The van der Waals surface area contributed by atoms with Gasteiger partial charge >= 0.3 is 11.7 Å². The number of H-pyrrole nitrogens is 1. The van der Waals surface area contributed by atoms with Crippen molar-refractivity contribution in [1.82, 2.24) is 9.55 Å². The molecule has 0 unspecified atom stereocenters. The number of rotatable bonds is 4. The Hall–Kier alpha value is -2.98. The first-order valence-corrected chi connectivity index (χ1v) is 15.1. The van der Waals surface area contributed by atoms with E-state index in [0.717, 1.165) is 48.6 Å². The summed E-state index contributed by atoms with van der Waals surface area (Å²) in [5, 5.41) is 13.7. The normalized spacial score (nSPS) is 25.1. The van der Waals surface area contributed by atoms with E-state index in [4.69, 9.17) is 0 Å². The molecular formula is C30H30Br2N4O4. The molecule has 208 valence electrons. The second-order valence-corrected chi connectivity index (χ2v) is 13.4. The zero-order valence-electron chi connectivity index (χ0n) is 22.3. The fraction of sp³-hybridized carbons (Fsp3) is 0.400. The second kappa shape index (κ2) is 10.1. The van der Waals surface area contributed by atoms with E-state index >= 15 is 0 Å². The zero-order valence-corrected chi connectivity index (χ0v) is 25.4. The molecule has 1 heterocycles. The molecule has 8 nitrogen and oxygen atoms in total. The number of amides is 2. The van der Waals surface area contributed by atoms with Crippen molar-refractivity contribution in [3.63, 3.8) is 0 Å². The minimum atomic E-state index is -0.841. The molecule has 3 aromatic rings. The highest BCUT2D eigenvalue weighted by Crippen LogP contribution is 2.61. The van der Waals surface area contributed by atoms with Crippen LogP contribution in [-0.4, -0.2) is 26.9 Å². The van der Waals surface area contributed by atoms with Crippen LogP contribution in [-0.2, 0) is 5.41 Å². The number of aromatic hydroxyl groups is 1. The number of halogens is 2. The van der Waals surface area contributed by atoms with Gasteiger partial charge in [-0.15, -0.1) is 0 Å². The van der Waals surface area contributed by atoms with Crippen LogP contribution in [0.5, 0.6) is 5.88 Å². The van der Waals surface area contributed by atoms with Crippen molar-refractivity contribution < 1.29 is 9.90 Å². The van der Waals surface area contributed by atoms with Crippen molar-refractivity contribution in [2.24, 2.45) is 22.7 Å². The van der Waals surface area contributed by atoms with Gasteiger partial charge in [-0.1, -0.05) is 22.0 Å². The van der Waals surface area contributed by atoms with E-state index in [0.29, 0.717) is 11.4 Å². The molecule has 4 fully saturated rings. The molecule has 0 aliphatic heterocycles. The highest BCUT2D eigenvalue weighted by atomic mass is 79.9. The SMILES string of the molecule is Cc1c(Br)ccc(-n2c(O)c(C=NC(=O)Nc3cc(C45CC6CC(CC(C6)C4)C5)ccc3Br)c(=O)[nH]c2=O)c1C. The largest absolute Gasteiger partial charge is 0.493 e. The average Bonchev–Trinajstić information content (AvgIpc) is 2.88. The van der Waals surface area contributed by atoms with E-state index in [2.05, 4.69) is 53.2 Å². The number of carbonyl (C=O) groups excluding carboxylic acids is 1. The lowest BCUT2D eigenvalue weighted by atomic mass is 9.48. The minimum absolute atomic E-state index is 0.175. The van der Waals surface area contributed by atoms with Crippen LogP contribution in [0.15, 0.2) is 53.9 Å². The minimum Gasteiger partial charge on any atom is -0.493 e. The average molecular weight is 670 g/mol. The van der Waals surface area contributed by atoms with Crippen molar-refractivity contribution in [2.75, 3.05) is 5.32 Å². The number of hydrogen-bond donors (Lipinski definition) is 3. The van der Waals surface area contributed by atoms with Crippen LogP contribution in [0.4, 0.5) is 10.5 Å². The molecule has 3 N–H and O–H groups in total. The molecule has 4 aliphatic carbocycles. The first-order valence-electron chi connectivity index (χ1n) is 13.5. The maximum absolute atomic E-state index is 12.9. The van der Waals surface area contributed by atoms with E-state index in [1.165, 1.54) is 44.1 Å². The maximum Gasteiger partial charge on any atom is 0.345 e. The molecule has 2 aromatic carbocycles. The van der Waals surface area contributed by atoms with Crippen molar-refractivity contribution in [3.05, 3.63) is 82.4 Å². The summed E-state index contributed by atoms with van der Waals surface area (Å²) in [6, 6.07) is 8.91. The Labute approximate surface area is 248 Å². The number of benzene rings is 2. The molecule has 40 heavy (non-hydrogen) atoms. The first kappa shape index (κ1) is 27.2. The molecule has 2 amide bonds. The maximum atomic E-state index is 12.9. The van der Waals surface area contributed by atoms with Crippen LogP contribution in [0.3, 0.4) is 0 Å². The van der Waals surface area contributed by atoms with Gasteiger partial charge in [-0.2, -0.15) is 0 Å². The topological polar surface area (TPSA) is 117 Å². The summed E-state index contributed by atoms with van der Waals surface area (Å²) < 4.78 is 2.59. The molecule has 4 aliphatic rings. The van der Waals surface area contributed by atoms with E-state index in [9.17, 15) is 19.5 Å². The Morgan fingerprint density at radius 1 is 1.02 bits per heavy atom. The smallest absolute Gasteiger partial charge is 0.345 e. The fourth-order valence-electron chi connectivity index (χ4n) is 7.58. The molecule has 1 aromatic heterocycles. The van der Waals surface area contributed by atoms with E-state index in [1.807, 2.05) is 26.0 Å². The van der Waals surface area contributed by atoms with Gasteiger partial charge in [0.25, 0.3) is 5.56 Å². The van der Waals surface area contributed by atoms with Crippen LogP contribution in [0.2, 0.25) is 0 Å². The van der Waals surface area contributed by atoms with Gasteiger partial charge in [0.05, 0.1) is 17.6 Å². The summed E-state index contributed by atoms with van der Waals surface area (Å²) in [7, 11) is 0. The first-order chi connectivity index (χ1) is 19.0. The van der Waals surface area contributed by atoms with Gasteiger partial charge < -0.3 is 10.4 Å². The van der Waals surface area contributed by atoms with Crippen molar-refractivity contribution in [1.29, 1.82) is 0 Å². The van der Waals surface area contributed by atoms with Crippen molar-refractivity contribution >= 4 is 49.8 Å². The Balaban J connectivity index is 1.27. The van der Waals surface area contributed by atoms with Gasteiger partial charge in [0.1, 0.15) is 5.56 Å². The number of aromatic amines is 1. The highest BCUT2D eigenvalue weighted by Gasteiger charge is 2.51. The Kier molecular flexibility index (Phi) is 6.89. The fourth-order valence-corrected chi connectivity index (χ4v) is 8.36. The van der Waals surface area contributed by atoms with Crippen molar-refractivity contribution in [2.45, 2.75) is 57.8 Å². The van der Waals surface area contributed by atoms with Gasteiger partial charge in [0.2, 0.25) is 5.88 Å². The van der Waals surface area contributed by atoms with Crippen LogP contribution >= 0.6 is 31.9 Å². The number of urea groups is 1. The number of nitrogens with one attached hydrogen (secondary N) is 2. The lowest BCUT2D eigenvalue weighted by Crippen LogP contribution is -2.48. The molecule has 0 saturated heterocycles. The summed E-state index contributed by atoms with van der Waals surface area (Å²) in [6.07, 6.45) is 8.68. The Morgan fingerprint density at radius 3 is 2.30 bits per heavy atom. The van der Waals surface area contributed by atoms with Gasteiger partial charge in [-0.05, 0) is 132 Å². The Morgan fingerprint density at radius 2 is 1.65 bits per heavy atom. The predicted octanol–water partition coefficient (Wildman–Crippen LogP) is 6.49. The standard InChI is InChI=1S/C30H30Br2N4O4/c1-15-16(2)25(6-5-22(15)31)36-27(38)21(26(37)35-29(36)40)14-33-28(39)34-24-10-20(3-4-23(24)32)30-11-17-7-18(12-30)9-19(8-17)13-30/h3-6,10,14,17-19,38H,7-9,11-13H2,1-2H3,(H,34,39)(H,35,37,40). The molecule has 0 atom stereocenters. The lowest BCUT2D eigenvalue weighted by molar-refractivity contribution is -0.00517. The number of anilines is 1. The van der Waals surface area contributed by atoms with Gasteiger partial charge in [0.15, 0.2) is 0 Å². The van der Waals surface area contributed by atoms with Gasteiger partial charge in [0, 0.05) is 8.95 Å². The van der Waals surface area contributed by atoms with Crippen LogP contribution in [0.1, 0.15) is 60.8 Å². The molecule has 0 radical (unpaired) electrons. The summed E-state index contributed by atoms with van der Waals surface area (Å²) >= 11 is 7.00. The highest BCUT2D eigenvalue weighted by molar-refractivity contribution is 9.10. The number of carbonyl (C=O) groups is 1. The molecule has 10 heteroatoms. The third kappa shape index (κ3) is 4.68. The summed E-state index contributed by atoms with van der Waals surface area (Å²) in [5.74, 6) is 1.81. The predicted molar refractivity (Wildman–Crippen MR) is 162 cm³/mol. The second-order valence-electron chi connectivity index (χ2n) is 11.7. The number of nitrogens with zero attached hydrogens (tertiary/aromatic N) is 2. The molecule has 4 bridgehead atoms. The monoisotopic (exact) mass is 668 g/mol. The number of aromatic nitrogens is 2. The van der Waals surface area contributed by atoms with Crippen LogP contribution < -0.4 is 16.6 Å². The van der Waals surface area contributed by atoms with Crippen LogP contribution in [0.25, 0.3) is 5.69 Å². The summed E-state index contributed by atoms with van der Waals surface area (Å²) in [4.78, 5) is 44.2. The zero-order chi connectivity index (χ0) is 28.3. The summed E-state index contributed by atoms with van der Waals surface area (Å²) in [6.45, 7) is 3.68. The van der Waals surface area contributed by atoms with Crippen LogP contribution in [0, 0.1) is 31.6 Å². The third-order valence-electron chi connectivity index (χ3n) is 9.22.